The molecule has 2 rings (SSSR count). The molecule has 4 nitrogen and oxygen atoms in total. The van der Waals surface area contributed by atoms with Gasteiger partial charge in [0.2, 0.25) is 0 Å². The van der Waals surface area contributed by atoms with Crippen molar-refractivity contribution in [3.8, 4) is 17.2 Å². The molecular formula is C18H21NO3S. The van der Waals surface area contributed by atoms with Gasteiger partial charge in [-0.15, -0.1) is 0 Å². The standard InChI is InChI=1S/C18H21NO3S/c1-3-20-17-12-14(18(19)23)7-8-16(17)22-10-9-21-15-6-4-5-13(2)11-15/h4-8,11-12H,3,9-10H2,1-2H3,(H2,19,23). The lowest BCUT2D eigenvalue weighted by molar-refractivity contribution is 0.208. The Labute approximate surface area is 142 Å². The Balaban J connectivity index is 1.93. The van der Waals surface area contributed by atoms with Crippen molar-refractivity contribution in [2.24, 2.45) is 5.73 Å². The molecule has 0 fully saturated rings. The summed E-state index contributed by atoms with van der Waals surface area (Å²) >= 11 is 4.98. The van der Waals surface area contributed by atoms with Crippen molar-refractivity contribution >= 4 is 17.2 Å². The molecular weight excluding hydrogens is 310 g/mol. The Bertz CT molecular complexity index is 673. The third-order valence-corrected chi connectivity index (χ3v) is 3.36. The molecule has 2 N–H and O–H groups in total. The molecule has 2 aromatic carbocycles. The molecule has 0 aliphatic carbocycles. The third-order valence-electron chi connectivity index (χ3n) is 3.13. The van der Waals surface area contributed by atoms with Crippen molar-refractivity contribution in [2.45, 2.75) is 13.8 Å². The average molecular weight is 331 g/mol. The van der Waals surface area contributed by atoms with Crippen molar-refractivity contribution in [2.75, 3.05) is 19.8 Å². The van der Waals surface area contributed by atoms with Gasteiger partial charge in [0, 0.05) is 5.56 Å². The fourth-order valence-corrected chi connectivity index (χ4v) is 2.19. The van der Waals surface area contributed by atoms with Crippen molar-refractivity contribution in [1.82, 2.24) is 0 Å². The Hall–Kier alpha value is -2.27. The Morgan fingerprint density at radius 3 is 2.48 bits per heavy atom. The van der Waals surface area contributed by atoms with E-state index in [2.05, 4.69) is 0 Å². The first-order valence-corrected chi connectivity index (χ1v) is 7.90. The van der Waals surface area contributed by atoms with Crippen LogP contribution in [-0.2, 0) is 0 Å². The van der Waals surface area contributed by atoms with Crippen LogP contribution in [0.1, 0.15) is 18.1 Å². The summed E-state index contributed by atoms with van der Waals surface area (Å²) < 4.78 is 17.0. The van der Waals surface area contributed by atoms with Crippen LogP contribution >= 0.6 is 12.2 Å². The minimum absolute atomic E-state index is 0.334. The highest BCUT2D eigenvalue weighted by Gasteiger charge is 2.08. The van der Waals surface area contributed by atoms with Crippen molar-refractivity contribution in [3.63, 3.8) is 0 Å². The highest BCUT2D eigenvalue weighted by atomic mass is 32.1. The number of ether oxygens (including phenoxy) is 3. The van der Waals surface area contributed by atoms with Gasteiger partial charge in [-0.25, -0.2) is 0 Å². The van der Waals surface area contributed by atoms with Gasteiger partial charge in [-0.1, -0.05) is 24.4 Å². The van der Waals surface area contributed by atoms with E-state index in [9.17, 15) is 0 Å². The summed E-state index contributed by atoms with van der Waals surface area (Å²) in [5.74, 6) is 2.12. The molecule has 0 aliphatic rings. The van der Waals surface area contributed by atoms with Gasteiger partial charge in [0.25, 0.3) is 0 Å². The zero-order valence-electron chi connectivity index (χ0n) is 13.4. The molecule has 0 aromatic heterocycles. The number of aryl methyl sites for hydroxylation is 1. The Morgan fingerprint density at radius 2 is 1.78 bits per heavy atom. The van der Waals surface area contributed by atoms with Gasteiger partial charge in [-0.3, -0.25) is 0 Å². The van der Waals surface area contributed by atoms with E-state index in [0.29, 0.717) is 36.3 Å². The first kappa shape index (κ1) is 17.1. The molecule has 5 heteroatoms. The monoisotopic (exact) mass is 331 g/mol. The van der Waals surface area contributed by atoms with Crippen LogP contribution in [-0.4, -0.2) is 24.8 Å². The lowest BCUT2D eigenvalue weighted by atomic mass is 10.2. The van der Waals surface area contributed by atoms with E-state index < -0.39 is 0 Å². The molecule has 0 heterocycles. The normalized spacial score (nSPS) is 10.2. The predicted octanol–water partition coefficient (Wildman–Crippen LogP) is 3.49. The van der Waals surface area contributed by atoms with E-state index in [4.69, 9.17) is 32.2 Å². The average Bonchev–Trinajstić information content (AvgIpc) is 2.53. The Kier molecular flexibility index (Phi) is 6.23. The van der Waals surface area contributed by atoms with Crippen molar-refractivity contribution < 1.29 is 14.2 Å². The minimum atomic E-state index is 0.334. The van der Waals surface area contributed by atoms with Crippen LogP contribution in [0.3, 0.4) is 0 Å². The highest BCUT2D eigenvalue weighted by Crippen LogP contribution is 2.28. The summed E-state index contributed by atoms with van der Waals surface area (Å²) in [5, 5.41) is 0. The van der Waals surface area contributed by atoms with E-state index in [0.717, 1.165) is 16.9 Å². The van der Waals surface area contributed by atoms with Gasteiger partial charge in [0.15, 0.2) is 11.5 Å². The zero-order valence-corrected chi connectivity index (χ0v) is 14.2. The molecule has 0 radical (unpaired) electrons. The summed E-state index contributed by atoms with van der Waals surface area (Å²) in [6.07, 6.45) is 0. The summed E-state index contributed by atoms with van der Waals surface area (Å²) in [6, 6.07) is 13.3. The molecule has 23 heavy (non-hydrogen) atoms. The fraction of sp³-hybridized carbons (Fsp3) is 0.278. The van der Waals surface area contributed by atoms with Crippen LogP contribution in [0.2, 0.25) is 0 Å². The summed E-state index contributed by atoms with van der Waals surface area (Å²) in [5.41, 5.74) is 7.56. The lowest BCUT2D eigenvalue weighted by Crippen LogP contribution is -2.12. The summed E-state index contributed by atoms with van der Waals surface area (Å²) in [4.78, 5) is 0.334. The lowest BCUT2D eigenvalue weighted by Gasteiger charge is -2.13. The number of benzene rings is 2. The van der Waals surface area contributed by atoms with Crippen LogP contribution in [0.25, 0.3) is 0 Å². The van der Waals surface area contributed by atoms with E-state index >= 15 is 0 Å². The largest absolute Gasteiger partial charge is 0.490 e. The minimum Gasteiger partial charge on any atom is -0.490 e. The molecule has 0 unspecified atom stereocenters. The SMILES string of the molecule is CCOc1cc(C(N)=S)ccc1OCCOc1cccc(C)c1. The van der Waals surface area contributed by atoms with Gasteiger partial charge >= 0.3 is 0 Å². The molecule has 0 amide bonds. The fourth-order valence-electron chi connectivity index (χ4n) is 2.07. The molecule has 2 aromatic rings. The number of hydrogen-bond acceptors (Lipinski definition) is 4. The second-order valence-corrected chi connectivity index (χ2v) is 5.41. The Morgan fingerprint density at radius 1 is 1.00 bits per heavy atom. The molecule has 0 saturated heterocycles. The maximum absolute atomic E-state index is 5.74. The van der Waals surface area contributed by atoms with Gasteiger partial charge in [-0.05, 0) is 49.7 Å². The molecule has 0 saturated carbocycles. The number of thiocarbonyl (C=S) groups is 1. The molecule has 0 aliphatic heterocycles. The summed E-state index contributed by atoms with van der Waals surface area (Å²) in [6.45, 7) is 5.35. The van der Waals surface area contributed by atoms with Crippen molar-refractivity contribution in [1.29, 1.82) is 0 Å². The van der Waals surface area contributed by atoms with Crippen LogP contribution < -0.4 is 19.9 Å². The molecule has 0 bridgehead atoms. The molecule has 122 valence electrons. The van der Waals surface area contributed by atoms with Crippen molar-refractivity contribution in [3.05, 3.63) is 53.6 Å². The first-order valence-electron chi connectivity index (χ1n) is 7.49. The van der Waals surface area contributed by atoms with Gasteiger partial charge < -0.3 is 19.9 Å². The van der Waals surface area contributed by atoms with Crippen LogP contribution in [0, 0.1) is 6.92 Å². The number of nitrogens with two attached hydrogens (primary N) is 1. The van der Waals surface area contributed by atoms with E-state index in [1.807, 2.05) is 50.2 Å². The van der Waals surface area contributed by atoms with Gasteiger partial charge in [-0.2, -0.15) is 0 Å². The number of rotatable bonds is 8. The maximum atomic E-state index is 5.74. The van der Waals surface area contributed by atoms with Crippen LogP contribution in [0.15, 0.2) is 42.5 Å². The van der Waals surface area contributed by atoms with E-state index in [1.165, 1.54) is 0 Å². The van der Waals surface area contributed by atoms with E-state index in [-0.39, 0.29) is 0 Å². The topological polar surface area (TPSA) is 53.7 Å². The highest BCUT2D eigenvalue weighted by molar-refractivity contribution is 7.80. The quantitative estimate of drug-likeness (QED) is 0.593. The third kappa shape index (κ3) is 5.14. The van der Waals surface area contributed by atoms with E-state index in [1.54, 1.807) is 6.07 Å². The van der Waals surface area contributed by atoms with Gasteiger partial charge in [0.05, 0.1) is 6.61 Å². The summed E-state index contributed by atoms with van der Waals surface area (Å²) in [7, 11) is 0. The van der Waals surface area contributed by atoms with Gasteiger partial charge in [0.1, 0.15) is 24.0 Å². The second kappa shape index (κ2) is 8.39. The second-order valence-electron chi connectivity index (χ2n) is 4.97. The maximum Gasteiger partial charge on any atom is 0.161 e. The predicted molar refractivity (Wildman–Crippen MR) is 95.7 cm³/mol. The van der Waals surface area contributed by atoms with Crippen LogP contribution in [0.5, 0.6) is 17.2 Å². The molecule has 0 spiro atoms. The van der Waals surface area contributed by atoms with Crippen LogP contribution in [0.4, 0.5) is 0 Å². The first-order chi connectivity index (χ1) is 11.1. The number of hydrogen-bond donors (Lipinski definition) is 1. The zero-order chi connectivity index (χ0) is 16.7. The molecule has 0 atom stereocenters. The smallest absolute Gasteiger partial charge is 0.161 e.